The summed E-state index contributed by atoms with van der Waals surface area (Å²) in [6.45, 7) is 8.28. The molecular weight excluding hydrogens is 364 g/mol. The monoisotopic (exact) mass is 394 g/mol. The minimum Gasteiger partial charge on any atom is -0.465 e. The summed E-state index contributed by atoms with van der Waals surface area (Å²) < 4.78 is 10.7. The number of hydrogen-bond acceptors (Lipinski definition) is 4. The highest BCUT2D eigenvalue weighted by Gasteiger charge is 2.56. The van der Waals surface area contributed by atoms with E-state index >= 15 is 0 Å². The van der Waals surface area contributed by atoms with E-state index in [-0.39, 0.29) is 18.6 Å². The maximum Gasteiger partial charge on any atom is 0.323 e. The molecule has 0 heterocycles. The van der Waals surface area contributed by atoms with Crippen LogP contribution in [0.2, 0.25) is 5.02 Å². The van der Waals surface area contributed by atoms with E-state index in [1.54, 1.807) is 13.8 Å². The molecule has 150 valence electrons. The summed E-state index contributed by atoms with van der Waals surface area (Å²) in [5, 5.41) is 0.676. The van der Waals surface area contributed by atoms with Crippen molar-refractivity contribution in [3.8, 4) is 0 Å². The van der Waals surface area contributed by atoms with E-state index in [4.69, 9.17) is 21.1 Å². The minimum absolute atomic E-state index is 0.236. The standard InChI is InChI=1S/C22H31ClO4/c1-5-8-9-12-21(4)15-22(19(24)26-6-2,20(25)27-7-3)14-16-10-11-17(23)13-18(16)21/h10-11,13H,5-9,12,14-15H2,1-4H3/t21-/m1/s1. The molecule has 1 aliphatic rings. The van der Waals surface area contributed by atoms with Crippen molar-refractivity contribution in [1.82, 2.24) is 0 Å². The van der Waals surface area contributed by atoms with Crippen molar-refractivity contribution < 1.29 is 19.1 Å². The highest BCUT2D eigenvalue weighted by Crippen LogP contribution is 2.50. The van der Waals surface area contributed by atoms with Crippen LogP contribution < -0.4 is 0 Å². The van der Waals surface area contributed by atoms with Crippen molar-refractivity contribution in [2.75, 3.05) is 13.2 Å². The van der Waals surface area contributed by atoms with Crippen LogP contribution in [0.5, 0.6) is 0 Å². The largest absolute Gasteiger partial charge is 0.465 e. The Morgan fingerprint density at radius 3 is 2.26 bits per heavy atom. The molecule has 5 heteroatoms. The Morgan fingerprint density at radius 2 is 1.70 bits per heavy atom. The van der Waals surface area contributed by atoms with Gasteiger partial charge in [-0.25, -0.2) is 0 Å². The number of unbranched alkanes of at least 4 members (excludes halogenated alkanes) is 2. The fraction of sp³-hybridized carbons (Fsp3) is 0.636. The van der Waals surface area contributed by atoms with Gasteiger partial charge in [0, 0.05) is 5.02 Å². The zero-order chi connectivity index (χ0) is 20.1. The molecule has 1 atom stereocenters. The van der Waals surface area contributed by atoms with Gasteiger partial charge in [0.1, 0.15) is 0 Å². The highest BCUT2D eigenvalue weighted by molar-refractivity contribution is 6.30. The van der Waals surface area contributed by atoms with Crippen molar-refractivity contribution in [2.24, 2.45) is 5.41 Å². The molecule has 1 aromatic rings. The van der Waals surface area contributed by atoms with Gasteiger partial charge in [-0.3, -0.25) is 9.59 Å². The maximum atomic E-state index is 13.0. The van der Waals surface area contributed by atoms with Crippen LogP contribution in [-0.2, 0) is 30.9 Å². The number of halogens is 1. The van der Waals surface area contributed by atoms with E-state index in [0.29, 0.717) is 17.9 Å². The predicted octanol–water partition coefficient (Wildman–Crippen LogP) is 5.24. The normalized spacial score (nSPS) is 20.6. The van der Waals surface area contributed by atoms with Gasteiger partial charge in [-0.05, 0) is 61.8 Å². The topological polar surface area (TPSA) is 52.6 Å². The Hall–Kier alpha value is -1.55. The van der Waals surface area contributed by atoms with Gasteiger partial charge in [-0.2, -0.15) is 0 Å². The van der Waals surface area contributed by atoms with E-state index < -0.39 is 17.4 Å². The van der Waals surface area contributed by atoms with Crippen LogP contribution in [0.4, 0.5) is 0 Å². The Labute approximate surface area is 167 Å². The Bertz CT molecular complexity index is 667. The van der Waals surface area contributed by atoms with Gasteiger partial charge in [0.15, 0.2) is 5.41 Å². The van der Waals surface area contributed by atoms with Crippen molar-refractivity contribution in [3.05, 3.63) is 34.3 Å². The molecule has 0 bridgehead atoms. The average Bonchev–Trinajstić information content (AvgIpc) is 2.63. The molecule has 0 saturated heterocycles. The van der Waals surface area contributed by atoms with E-state index in [9.17, 15) is 9.59 Å². The first-order chi connectivity index (χ1) is 12.8. The van der Waals surface area contributed by atoms with Crippen LogP contribution in [-0.4, -0.2) is 25.2 Å². The summed E-state index contributed by atoms with van der Waals surface area (Å²) in [5.41, 5.74) is 0.474. The molecule has 2 rings (SSSR count). The first kappa shape index (κ1) is 21.7. The second kappa shape index (κ2) is 9.09. The third-order valence-electron chi connectivity index (χ3n) is 5.57. The molecule has 4 nitrogen and oxygen atoms in total. The fourth-order valence-electron chi connectivity index (χ4n) is 4.31. The minimum atomic E-state index is -1.30. The van der Waals surface area contributed by atoms with Gasteiger partial charge < -0.3 is 9.47 Å². The number of hydrogen-bond donors (Lipinski definition) is 0. The fourth-order valence-corrected chi connectivity index (χ4v) is 4.48. The smallest absolute Gasteiger partial charge is 0.323 e. The van der Waals surface area contributed by atoms with E-state index in [2.05, 4.69) is 13.8 Å². The number of esters is 2. The van der Waals surface area contributed by atoms with Crippen molar-refractivity contribution in [3.63, 3.8) is 0 Å². The number of fused-ring (bicyclic) bond motifs is 1. The zero-order valence-corrected chi connectivity index (χ0v) is 17.7. The lowest BCUT2D eigenvalue weighted by atomic mass is 9.58. The Morgan fingerprint density at radius 1 is 1.07 bits per heavy atom. The van der Waals surface area contributed by atoms with E-state index in [1.165, 1.54) is 0 Å². The van der Waals surface area contributed by atoms with Gasteiger partial charge in [-0.15, -0.1) is 0 Å². The third kappa shape index (κ3) is 4.48. The van der Waals surface area contributed by atoms with Crippen LogP contribution in [0.3, 0.4) is 0 Å². The summed E-state index contributed by atoms with van der Waals surface area (Å²) in [6, 6.07) is 5.74. The quantitative estimate of drug-likeness (QED) is 0.344. The molecule has 0 unspecified atom stereocenters. The van der Waals surface area contributed by atoms with Crippen LogP contribution in [0.15, 0.2) is 18.2 Å². The van der Waals surface area contributed by atoms with Crippen molar-refractivity contribution in [2.45, 2.75) is 71.6 Å². The molecule has 27 heavy (non-hydrogen) atoms. The summed E-state index contributed by atoms with van der Waals surface area (Å²) in [4.78, 5) is 26.0. The van der Waals surface area contributed by atoms with Gasteiger partial charge in [0.25, 0.3) is 0 Å². The van der Waals surface area contributed by atoms with Crippen LogP contribution in [0, 0.1) is 5.41 Å². The van der Waals surface area contributed by atoms with Gasteiger partial charge >= 0.3 is 11.9 Å². The lowest BCUT2D eigenvalue weighted by Crippen LogP contribution is -2.51. The number of ether oxygens (including phenoxy) is 2. The van der Waals surface area contributed by atoms with Gasteiger partial charge in [-0.1, -0.05) is 50.8 Å². The third-order valence-corrected chi connectivity index (χ3v) is 5.81. The second-order valence-corrected chi connectivity index (χ2v) is 8.13. The Balaban J connectivity index is 2.55. The first-order valence-electron chi connectivity index (χ1n) is 9.96. The molecule has 0 spiro atoms. The van der Waals surface area contributed by atoms with Crippen LogP contribution in [0.1, 0.15) is 70.9 Å². The molecule has 0 amide bonds. The van der Waals surface area contributed by atoms with Crippen LogP contribution >= 0.6 is 11.6 Å². The zero-order valence-electron chi connectivity index (χ0n) is 16.9. The molecule has 0 saturated carbocycles. The highest BCUT2D eigenvalue weighted by atomic mass is 35.5. The maximum absolute atomic E-state index is 13.0. The summed E-state index contributed by atoms with van der Waals surface area (Å²) in [7, 11) is 0. The Kier molecular flexibility index (Phi) is 7.32. The van der Waals surface area contributed by atoms with E-state index in [1.807, 2.05) is 18.2 Å². The van der Waals surface area contributed by atoms with Crippen molar-refractivity contribution in [1.29, 1.82) is 0 Å². The molecule has 1 aromatic carbocycles. The lowest BCUT2D eigenvalue weighted by Gasteiger charge is -2.44. The van der Waals surface area contributed by atoms with Gasteiger partial charge in [0.2, 0.25) is 0 Å². The molecule has 0 aliphatic heterocycles. The number of carbonyl (C=O) groups is 2. The van der Waals surface area contributed by atoms with E-state index in [0.717, 1.165) is 36.8 Å². The summed E-state index contributed by atoms with van der Waals surface area (Å²) >= 11 is 6.28. The molecule has 1 aliphatic carbocycles. The molecule has 0 aromatic heterocycles. The number of benzene rings is 1. The first-order valence-corrected chi connectivity index (χ1v) is 10.3. The van der Waals surface area contributed by atoms with Crippen LogP contribution in [0.25, 0.3) is 0 Å². The number of rotatable bonds is 8. The summed E-state index contributed by atoms with van der Waals surface area (Å²) in [5.74, 6) is -0.962. The SMILES string of the molecule is CCCCC[C@]1(C)CC(C(=O)OCC)(C(=O)OCC)Cc2ccc(Cl)cc21. The lowest BCUT2D eigenvalue weighted by molar-refractivity contribution is -0.174. The van der Waals surface area contributed by atoms with Gasteiger partial charge in [0.05, 0.1) is 13.2 Å². The molecule has 0 radical (unpaired) electrons. The predicted molar refractivity (Wildman–Crippen MR) is 107 cm³/mol. The average molecular weight is 395 g/mol. The summed E-state index contributed by atoms with van der Waals surface area (Å²) in [6.07, 6.45) is 4.81. The second-order valence-electron chi connectivity index (χ2n) is 7.70. The molecule has 0 N–H and O–H groups in total. The number of carbonyl (C=O) groups excluding carboxylic acids is 2. The molecular formula is C22H31ClO4. The van der Waals surface area contributed by atoms with Crippen molar-refractivity contribution >= 4 is 23.5 Å². The molecule has 0 fully saturated rings.